The molecule has 150 valence electrons. The second-order valence-electron chi connectivity index (χ2n) is 11.8. The smallest absolute Gasteiger partial charge is 0.158 e. The Hall–Kier alpha value is 0.528. The molecule has 0 fully saturated rings. The number of aliphatic hydroxyl groups excluding tert-OH is 1. The molecule has 0 heterocycles. The maximum atomic E-state index is 10.5. The SMILES string of the molecule is C=CC[C@@H](O)C[C@@H](O[Si]([Si](C)(C)C)([Si](C)(C)C)[Si](C)(C)C)C(C)(C)C. The molecule has 0 rings (SSSR count). The van der Waals surface area contributed by atoms with Crippen molar-refractivity contribution in [1.29, 1.82) is 0 Å². The summed E-state index contributed by atoms with van der Waals surface area (Å²) >= 11 is 0. The van der Waals surface area contributed by atoms with Gasteiger partial charge in [0.1, 0.15) is 0 Å². The van der Waals surface area contributed by atoms with E-state index in [9.17, 15) is 5.11 Å². The van der Waals surface area contributed by atoms with Crippen LogP contribution in [0.5, 0.6) is 0 Å². The highest BCUT2D eigenvalue weighted by Gasteiger charge is 2.64. The number of hydrogen-bond donors (Lipinski definition) is 1. The molecule has 2 nitrogen and oxygen atoms in total. The van der Waals surface area contributed by atoms with E-state index in [4.69, 9.17) is 4.43 Å². The van der Waals surface area contributed by atoms with Crippen molar-refractivity contribution >= 4 is 29.6 Å². The van der Waals surface area contributed by atoms with Crippen LogP contribution in [0.1, 0.15) is 33.6 Å². The first-order valence-electron chi connectivity index (χ1n) is 9.78. The molecule has 0 aromatic carbocycles. The molecule has 6 heteroatoms. The number of aliphatic hydroxyl groups is 1. The van der Waals surface area contributed by atoms with Crippen LogP contribution in [0.2, 0.25) is 58.9 Å². The van der Waals surface area contributed by atoms with Crippen LogP contribution >= 0.6 is 0 Å². The van der Waals surface area contributed by atoms with Crippen molar-refractivity contribution in [3.63, 3.8) is 0 Å². The van der Waals surface area contributed by atoms with Crippen LogP contribution in [0.3, 0.4) is 0 Å². The Morgan fingerprint density at radius 3 is 1.48 bits per heavy atom. The standard InChI is InChI=1S/C19H46O2Si4/c1-14-15-17(20)16-18(19(2,3)4)21-25(22(5,6)7,23(8,9)10)24(11,12)13/h14,17-18,20H,1,15-16H2,2-13H3/t17-,18-/m1/s1. The Bertz CT molecular complexity index is 400. The third-order valence-corrected chi connectivity index (χ3v) is 72.9. The molecular formula is C19H46O2Si4. The van der Waals surface area contributed by atoms with Gasteiger partial charge in [-0.2, -0.15) is 0 Å². The predicted molar refractivity (Wildman–Crippen MR) is 126 cm³/mol. The lowest BCUT2D eigenvalue weighted by Crippen LogP contribution is -2.85. The second kappa shape index (κ2) is 8.27. The van der Waals surface area contributed by atoms with Crippen LogP contribution in [0.4, 0.5) is 0 Å². The molecular weight excluding hydrogens is 373 g/mol. The Kier molecular flexibility index (Phi) is 8.44. The first-order valence-corrected chi connectivity index (χ1v) is 25.2. The molecule has 0 unspecified atom stereocenters. The second-order valence-corrected chi connectivity index (χ2v) is 51.3. The van der Waals surface area contributed by atoms with Crippen molar-refractivity contribution in [3.8, 4) is 0 Å². The highest BCUT2D eigenvalue weighted by molar-refractivity contribution is 7.87. The van der Waals surface area contributed by atoms with E-state index in [0.717, 1.165) is 6.42 Å². The fourth-order valence-corrected chi connectivity index (χ4v) is 99.4. The topological polar surface area (TPSA) is 29.5 Å². The highest BCUT2D eigenvalue weighted by atomic mass is 29.9. The largest absolute Gasteiger partial charge is 0.422 e. The molecule has 0 aliphatic rings. The number of rotatable bonds is 9. The highest BCUT2D eigenvalue weighted by Crippen LogP contribution is 2.42. The zero-order valence-corrected chi connectivity index (χ0v) is 23.2. The van der Waals surface area contributed by atoms with Gasteiger partial charge in [-0.3, -0.25) is 0 Å². The summed E-state index contributed by atoms with van der Waals surface area (Å²) in [5.41, 5.74) is 0.0410. The zero-order chi connectivity index (χ0) is 20.5. The average Bonchev–Trinajstić information content (AvgIpc) is 2.27. The van der Waals surface area contributed by atoms with Gasteiger partial charge in [-0.1, -0.05) is 85.8 Å². The van der Waals surface area contributed by atoms with Crippen LogP contribution in [-0.2, 0) is 4.43 Å². The molecule has 0 amide bonds. The van der Waals surface area contributed by atoms with Crippen LogP contribution in [0.15, 0.2) is 12.7 Å². The monoisotopic (exact) mass is 418 g/mol. The molecule has 2 atom stereocenters. The lowest BCUT2D eigenvalue weighted by Gasteiger charge is -2.58. The van der Waals surface area contributed by atoms with E-state index in [-0.39, 0.29) is 17.6 Å². The molecule has 0 bridgehead atoms. The predicted octanol–water partition coefficient (Wildman–Crippen LogP) is 5.94. The maximum Gasteiger partial charge on any atom is 0.158 e. The van der Waals surface area contributed by atoms with E-state index < -0.39 is 29.6 Å². The van der Waals surface area contributed by atoms with Gasteiger partial charge in [-0.15, -0.1) is 6.58 Å². The first-order chi connectivity index (χ1) is 10.8. The summed E-state index contributed by atoms with van der Waals surface area (Å²) in [6.45, 7) is 31.7. The molecule has 25 heavy (non-hydrogen) atoms. The Morgan fingerprint density at radius 1 is 0.880 bits per heavy atom. The van der Waals surface area contributed by atoms with Crippen LogP contribution < -0.4 is 0 Å². The molecule has 0 saturated carbocycles. The van der Waals surface area contributed by atoms with Gasteiger partial charge in [0.2, 0.25) is 0 Å². The third kappa shape index (κ3) is 6.01. The quantitative estimate of drug-likeness (QED) is 0.371. The fourth-order valence-electron chi connectivity index (χ4n) is 5.23. The van der Waals surface area contributed by atoms with E-state index in [1.165, 1.54) is 0 Å². The van der Waals surface area contributed by atoms with Gasteiger partial charge in [0.25, 0.3) is 0 Å². The fraction of sp³-hybridized carbons (Fsp3) is 0.895. The van der Waals surface area contributed by atoms with Crippen molar-refractivity contribution in [3.05, 3.63) is 12.7 Å². The molecule has 0 spiro atoms. The van der Waals surface area contributed by atoms with Gasteiger partial charge in [0.05, 0.1) is 35.0 Å². The van der Waals surface area contributed by atoms with Crippen LogP contribution in [0, 0.1) is 5.41 Å². The van der Waals surface area contributed by atoms with Gasteiger partial charge < -0.3 is 9.53 Å². The Labute approximate surface area is 162 Å². The molecule has 0 aromatic rings. The molecule has 0 radical (unpaired) electrons. The van der Waals surface area contributed by atoms with E-state index in [0.29, 0.717) is 6.42 Å². The summed E-state index contributed by atoms with van der Waals surface area (Å²) in [6, 6.07) is 0. The van der Waals surface area contributed by atoms with Crippen LogP contribution in [0.25, 0.3) is 0 Å². The van der Waals surface area contributed by atoms with Gasteiger partial charge >= 0.3 is 0 Å². The summed E-state index contributed by atoms with van der Waals surface area (Å²) < 4.78 is 7.44. The van der Waals surface area contributed by atoms with E-state index in [2.05, 4.69) is 86.3 Å². The number of hydrogen-bond acceptors (Lipinski definition) is 2. The van der Waals surface area contributed by atoms with Crippen molar-refractivity contribution in [2.75, 3.05) is 0 Å². The summed E-state index contributed by atoms with van der Waals surface area (Å²) in [4.78, 5) is 0. The lowest BCUT2D eigenvalue weighted by molar-refractivity contribution is 0.0324. The maximum absolute atomic E-state index is 10.5. The van der Waals surface area contributed by atoms with Crippen molar-refractivity contribution in [2.24, 2.45) is 5.41 Å². The zero-order valence-electron chi connectivity index (χ0n) is 19.2. The van der Waals surface area contributed by atoms with Crippen LogP contribution in [-0.4, -0.2) is 47.0 Å². The molecule has 0 saturated heterocycles. The van der Waals surface area contributed by atoms with Gasteiger partial charge in [0.15, 0.2) is 6.87 Å². The summed E-state index contributed by atoms with van der Waals surface area (Å²) in [5, 5.41) is 10.5. The van der Waals surface area contributed by atoms with Gasteiger partial charge in [0, 0.05) is 0 Å². The molecule has 1 N–H and O–H groups in total. The minimum absolute atomic E-state index is 0.0410. The minimum Gasteiger partial charge on any atom is -0.422 e. The third-order valence-electron chi connectivity index (χ3n) is 5.38. The first kappa shape index (κ1) is 25.5. The van der Waals surface area contributed by atoms with Crippen molar-refractivity contribution in [2.45, 2.75) is 105 Å². The van der Waals surface area contributed by atoms with Crippen molar-refractivity contribution < 1.29 is 9.53 Å². The normalized spacial score (nSPS) is 17.3. The van der Waals surface area contributed by atoms with Gasteiger partial charge in [-0.05, 0) is 18.3 Å². The summed E-state index contributed by atoms with van der Waals surface area (Å²) in [5.74, 6) is 0. The average molecular weight is 419 g/mol. The van der Waals surface area contributed by atoms with E-state index in [1.807, 2.05) is 6.08 Å². The lowest BCUT2D eigenvalue weighted by atomic mass is 9.85. The molecule has 0 aliphatic heterocycles. The Balaban J connectivity index is 6.23. The summed E-state index contributed by atoms with van der Waals surface area (Å²) in [7, 11) is -4.44. The summed E-state index contributed by atoms with van der Waals surface area (Å²) in [6.07, 6.45) is 2.98. The molecule has 0 aliphatic carbocycles. The van der Waals surface area contributed by atoms with E-state index >= 15 is 0 Å². The molecule has 0 aromatic heterocycles. The Morgan fingerprint density at radius 2 is 1.24 bits per heavy atom. The van der Waals surface area contributed by atoms with E-state index in [1.54, 1.807) is 0 Å². The minimum atomic E-state index is -1.88. The van der Waals surface area contributed by atoms with Gasteiger partial charge in [-0.25, -0.2) is 0 Å². The van der Waals surface area contributed by atoms with Crippen molar-refractivity contribution in [1.82, 2.24) is 0 Å².